The van der Waals surface area contributed by atoms with Gasteiger partial charge in [-0.2, -0.15) is 4.31 Å². The van der Waals surface area contributed by atoms with Crippen LogP contribution in [0.15, 0.2) is 21.5 Å². The number of hydrogen-bond donors (Lipinski definition) is 2. The van der Waals surface area contributed by atoms with Crippen LogP contribution in [-0.2, 0) is 21.2 Å². The Bertz CT molecular complexity index is 689. The van der Waals surface area contributed by atoms with Crippen molar-refractivity contribution in [2.24, 2.45) is 0 Å². The molecule has 2 N–H and O–H groups in total. The summed E-state index contributed by atoms with van der Waals surface area (Å²) >= 11 is 3.25. The van der Waals surface area contributed by atoms with Gasteiger partial charge in [-0.15, -0.1) is 0 Å². The van der Waals surface area contributed by atoms with E-state index in [9.17, 15) is 18.3 Å². The topological polar surface area (TPSA) is 86.7 Å². The van der Waals surface area contributed by atoms with Gasteiger partial charge in [0.2, 0.25) is 15.9 Å². The van der Waals surface area contributed by atoms with Crippen molar-refractivity contribution < 1.29 is 18.3 Å². The summed E-state index contributed by atoms with van der Waals surface area (Å²) in [4.78, 5) is 11.5. The monoisotopic (exact) mass is 360 g/mol. The van der Waals surface area contributed by atoms with Gasteiger partial charge in [0.05, 0.1) is 17.4 Å². The molecule has 2 aliphatic rings. The molecule has 20 heavy (non-hydrogen) atoms. The molecule has 0 aliphatic carbocycles. The van der Waals surface area contributed by atoms with Gasteiger partial charge in [0.25, 0.3) is 0 Å². The molecule has 3 rings (SSSR count). The molecule has 1 saturated heterocycles. The van der Waals surface area contributed by atoms with Gasteiger partial charge in [-0.3, -0.25) is 4.79 Å². The number of β-amino-alcohol motifs (C(OH)–C–C–N with tert-alkyl or cyclic N) is 1. The molecule has 2 heterocycles. The maximum Gasteiger partial charge on any atom is 0.244 e. The van der Waals surface area contributed by atoms with Crippen molar-refractivity contribution in [1.29, 1.82) is 0 Å². The van der Waals surface area contributed by atoms with Gasteiger partial charge in [-0.25, -0.2) is 8.42 Å². The van der Waals surface area contributed by atoms with Crippen LogP contribution in [0, 0.1) is 0 Å². The van der Waals surface area contributed by atoms with Crippen molar-refractivity contribution in [3.05, 3.63) is 22.2 Å². The van der Waals surface area contributed by atoms with E-state index in [4.69, 9.17) is 0 Å². The second-order valence-corrected chi connectivity index (χ2v) is 7.73. The van der Waals surface area contributed by atoms with Crippen LogP contribution in [0.25, 0.3) is 0 Å². The number of carbonyl (C=O) groups excluding carboxylic acids is 1. The molecule has 0 bridgehead atoms. The molecule has 8 heteroatoms. The molecular formula is C12H13BrN2O4S. The maximum absolute atomic E-state index is 12.6. The Morgan fingerprint density at radius 2 is 2.15 bits per heavy atom. The summed E-state index contributed by atoms with van der Waals surface area (Å²) in [6.45, 7) is 0.424. The van der Waals surface area contributed by atoms with E-state index < -0.39 is 16.1 Å². The van der Waals surface area contributed by atoms with E-state index in [2.05, 4.69) is 21.2 Å². The van der Waals surface area contributed by atoms with Crippen molar-refractivity contribution in [2.75, 3.05) is 18.4 Å². The number of aliphatic hydroxyl groups excluding tert-OH is 1. The molecule has 1 amide bonds. The summed E-state index contributed by atoms with van der Waals surface area (Å²) in [5, 5.41) is 12.2. The first-order chi connectivity index (χ1) is 9.38. The van der Waals surface area contributed by atoms with Gasteiger partial charge in [0.1, 0.15) is 0 Å². The molecule has 2 aliphatic heterocycles. The molecule has 1 aromatic rings. The van der Waals surface area contributed by atoms with Gasteiger partial charge in [0, 0.05) is 23.2 Å². The molecule has 1 atom stereocenters. The zero-order chi connectivity index (χ0) is 14.5. The fourth-order valence-electron chi connectivity index (χ4n) is 2.49. The van der Waals surface area contributed by atoms with Crippen molar-refractivity contribution in [2.45, 2.75) is 23.8 Å². The minimum atomic E-state index is -3.65. The number of carbonyl (C=O) groups is 1. The van der Waals surface area contributed by atoms with Crippen LogP contribution in [0.2, 0.25) is 0 Å². The average Bonchev–Trinajstić information content (AvgIpc) is 2.93. The van der Waals surface area contributed by atoms with Crippen LogP contribution in [0.1, 0.15) is 12.0 Å². The third kappa shape index (κ3) is 2.26. The first-order valence-corrected chi connectivity index (χ1v) is 8.42. The molecule has 1 fully saturated rings. The molecular weight excluding hydrogens is 348 g/mol. The van der Waals surface area contributed by atoms with Gasteiger partial charge in [0.15, 0.2) is 0 Å². The Balaban J connectivity index is 2.02. The molecule has 1 aromatic carbocycles. The molecule has 0 spiro atoms. The molecule has 0 unspecified atom stereocenters. The number of aliphatic hydroxyl groups is 1. The Morgan fingerprint density at radius 1 is 1.40 bits per heavy atom. The van der Waals surface area contributed by atoms with Crippen molar-refractivity contribution in [3.63, 3.8) is 0 Å². The van der Waals surface area contributed by atoms with Crippen LogP contribution in [0.3, 0.4) is 0 Å². The molecule has 0 saturated carbocycles. The molecule has 0 aromatic heterocycles. The lowest BCUT2D eigenvalue weighted by atomic mass is 10.2. The fraction of sp³-hybridized carbons (Fsp3) is 0.417. The summed E-state index contributed by atoms with van der Waals surface area (Å²) in [5.41, 5.74) is 1.32. The molecule has 108 valence electrons. The summed E-state index contributed by atoms with van der Waals surface area (Å²) in [6, 6.07) is 3.14. The van der Waals surface area contributed by atoms with Crippen molar-refractivity contribution in [1.82, 2.24) is 4.31 Å². The molecule has 6 nitrogen and oxygen atoms in total. The number of nitrogens with one attached hydrogen (secondary N) is 1. The number of halogens is 1. The highest BCUT2D eigenvalue weighted by molar-refractivity contribution is 9.10. The highest BCUT2D eigenvalue weighted by atomic mass is 79.9. The highest BCUT2D eigenvalue weighted by Crippen LogP contribution is 2.34. The summed E-state index contributed by atoms with van der Waals surface area (Å²) < 4.78 is 26.8. The lowest BCUT2D eigenvalue weighted by Crippen LogP contribution is -2.30. The lowest BCUT2D eigenvalue weighted by Gasteiger charge is -2.17. The predicted molar refractivity (Wildman–Crippen MR) is 75.9 cm³/mol. The normalized spacial score (nSPS) is 22.9. The third-order valence-electron chi connectivity index (χ3n) is 3.53. The van der Waals surface area contributed by atoms with Crippen LogP contribution in [0.5, 0.6) is 0 Å². The number of anilines is 1. The van der Waals surface area contributed by atoms with Gasteiger partial charge in [-0.1, -0.05) is 0 Å². The SMILES string of the molecule is O=C1Cc2cc(S(=O)(=O)N3CC[C@@H](O)C3)c(Br)cc2N1. The number of amides is 1. The highest BCUT2D eigenvalue weighted by Gasteiger charge is 2.34. The number of benzene rings is 1. The molecule has 0 radical (unpaired) electrons. The predicted octanol–water partition coefficient (Wildman–Crippen LogP) is 0.699. The maximum atomic E-state index is 12.6. The van der Waals surface area contributed by atoms with E-state index in [1.165, 1.54) is 10.4 Å². The minimum Gasteiger partial charge on any atom is -0.392 e. The second-order valence-electron chi connectivity index (χ2n) is 4.97. The Hall–Kier alpha value is -0.960. The first kappa shape index (κ1) is 14.0. The summed E-state index contributed by atoms with van der Waals surface area (Å²) in [5.74, 6) is -0.141. The Kier molecular flexibility index (Phi) is 3.36. The first-order valence-electron chi connectivity index (χ1n) is 6.18. The number of rotatable bonds is 2. The summed E-state index contributed by atoms with van der Waals surface area (Å²) in [6.07, 6.45) is 0.0245. The number of fused-ring (bicyclic) bond motifs is 1. The second kappa shape index (κ2) is 4.80. The minimum absolute atomic E-state index is 0.114. The van der Waals surface area contributed by atoms with Crippen molar-refractivity contribution in [3.8, 4) is 0 Å². The van der Waals surface area contributed by atoms with Crippen molar-refractivity contribution >= 4 is 37.5 Å². The van der Waals surface area contributed by atoms with E-state index in [1.807, 2.05) is 0 Å². The number of sulfonamides is 1. The zero-order valence-electron chi connectivity index (χ0n) is 10.5. The fourth-order valence-corrected chi connectivity index (χ4v) is 5.04. The Morgan fingerprint density at radius 3 is 2.80 bits per heavy atom. The van der Waals surface area contributed by atoms with E-state index in [0.29, 0.717) is 28.7 Å². The number of hydrogen-bond acceptors (Lipinski definition) is 4. The van der Waals surface area contributed by atoms with Crippen LogP contribution in [-0.4, -0.2) is 42.9 Å². The van der Waals surface area contributed by atoms with E-state index in [-0.39, 0.29) is 23.8 Å². The Labute approximate surface area is 125 Å². The van der Waals surface area contributed by atoms with E-state index >= 15 is 0 Å². The third-order valence-corrected chi connectivity index (χ3v) is 6.35. The van der Waals surface area contributed by atoms with E-state index in [1.54, 1.807) is 6.07 Å². The average molecular weight is 361 g/mol. The van der Waals surface area contributed by atoms with Crippen LogP contribution >= 0.6 is 15.9 Å². The van der Waals surface area contributed by atoms with E-state index in [0.717, 1.165) is 0 Å². The largest absolute Gasteiger partial charge is 0.392 e. The summed E-state index contributed by atoms with van der Waals surface area (Å²) in [7, 11) is -3.65. The van der Waals surface area contributed by atoms with Gasteiger partial charge in [-0.05, 0) is 40.0 Å². The zero-order valence-corrected chi connectivity index (χ0v) is 12.9. The lowest BCUT2D eigenvalue weighted by molar-refractivity contribution is -0.115. The quantitative estimate of drug-likeness (QED) is 0.812. The van der Waals surface area contributed by atoms with Crippen LogP contribution in [0.4, 0.5) is 5.69 Å². The van der Waals surface area contributed by atoms with Gasteiger partial charge >= 0.3 is 0 Å². The van der Waals surface area contributed by atoms with Gasteiger partial charge < -0.3 is 10.4 Å². The number of nitrogens with zero attached hydrogens (tertiary/aromatic N) is 1. The van der Waals surface area contributed by atoms with Crippen LogP contribution < -0.4 is 5.32 Å². The smallest absolute Gasteiger partial charge is 0.244 e. The standard InChI is InChI=1S/C12H13BrN2O4S/c13-9-5-10-7(4-12(17)14-10)3-11(9)20(18,19)15-2-1-8(16)6-15/h3,5,8,16H,1-2,4,6H2,(H,14,17)/t8-/m1/s1.